The molecule has 1 heterocycles. The van der Waals surface area contributed by atoms with Crippen LogP contribution in [0.3, 0.4) is 0 Å². The van der Waals surface area contributed by atoms with E-state index >= 15 is 0 Å². The zero-order valence-electron chi connectivity index (χ0n) is 9.24. The van der Waals surface area contributed by atoms with Gasteiger partial charge >= 0.3 is 0 Å². The summed E-state index contributed by atoms with van der Waals surface area (Å²) in [5.74, 6) is -0.214. The molecule has 3 N–H and O–H groups in total. The molecule has 0 radical (unpaired) electrons. The van der Waals surface area contributed by atoms with Crippen molar-refractivity contribution in [2.45, 2.75) is 6.54 Å². The largest absolute Gasteiger partial charge is 0.399 e. The Morgan fingerprint density at radius 3 is 2.67 bits per heavy atom. The molecule has 94 valence electrons. The smallest absolute Gasteiger partial charge is 0.251 e. The Labute approximate surface area is 119 Å². The van der Waals surface area contributed by atoms with Gasteiger partial charge in [-0.3, -0.25) is 4.79 Å². The van der Waals surface area contributed by atoms with Crippen molar-refractivity contribution in [1.29, 1.82) is 0 Å². The third-order valence-corrected chi connectivity index (χ3v) is 3.68. The second-order valence-corrected chi connectivity index (χ2v) is 5.90. The van der Waals surface area contributed by atoms with E-state index < -0.39 is 0 Å². The second kappa shape index (κ2) is 5.61. The van der Waals surface area contributed by atoms with Gasteiger partial charge in [-0.15, -0.1) is 11.3 Å². The molecule has 18 heavy (non-hydrogen) atoms. The van der Waals surface area contributed by atoms with Crippen molar-refractivity contribution in [3.8, 4) is 0 Å². The Bertz CT molecular complexity index is 563. The predicted molar refractivity (Wildman–Crippen MR) is 76.4 cm³/mol. The highest BCUT2D eigenvalue weighted by Gasteiger charge is 2.08. The minimum atomic E-state index is -0.214. The number of thiophene rings is 1. The van der Waals surface area contributed by atoms with Crippen molar-refractivity contribution in [3.63, 3.8) is 0 Å². The SMILES string of the molecule is Nc1cc(Cl)cc(C(=O)NCc2ccc(Cl)s2)c1. The average molecular weight is 301 g/mol. The molecule has 0 unspecified atom stereocenters. The molecule has 2 aromatic rings. The van der Waals surface area contributed by atoms with Crippen molar-refractivity contribution >= 4 is 46.1 Å². The molecule has 1 amide bonds. The molecule has 0 fully saturated rings. The van der Waals surface area contributed by atoms with Gasteiger partial charge in [0.1, 0.15) is 0 Å². The molecule has 3 nitrogen and oxygen atoms in total. The average Bonchev–Trinajstić information content (AvgIpc) is 2.70. The summed E-state index contributed by atoms with van der Waals surface area (Å²) in [7, 11) is 0. The fraction of sp³-hybridized carbons (Fsp3) is 0.0833. The molecule has 2 rings (SSSR count). The second-order valence-electron chi connectivity index (χ2n) is 3.66. The standard InChI is InChI=1S/C12H10Cl2N2OS/c13-8-3-7(4-9(15)5-8)12(17)16-6-10-1-2-11(14)18-10/h1-5H,6,15H2,(H,16,17). The minimum absolute atomic E-state index is 0.214. The monoisotopic (exact) mass is 300 g/mol. The lowest BCUT2D eigenvalue weighted by Crippen LogP contribution is -2.22. The molecule has 1 aromatic heterocycles. The molecule has 0 bridgehead atoms. The predicted octanol–water partition coefficient (Wildman–Crippen LogP) is 3.57. The first-order valence-electron chi connectivity index (χ1n) is 5.13. The normalized spacial score (nSPS) is 10.3. The highest BCUT2D eigenvalue weighted by molar-refractivity contribution is 7.16. The third-order valence-electron chi connectivity index (χ3n) is 2.23. The van der Waals surface area contributed by atoms with Crippen molar-refractivity contribution in [1.82, 2.24) is 5.32 Å². The fourth-order valence-electron chi connectivity index (χ4n) is 1.46. The molecule has 0 spiro atoms. The molecule has 0 atom stereocenters. The number of halogens is 2. The molecule has 0 saturated carbocycles. The van der Waals surface area contributed by atoms with E-state index in [1.807, 2.05) is 6.07 Å². The lowest BCUT2D eigenvalue weighted by Gasteiger charge is -2.05. The van der Waals surface area contributed by atoms with E-state index in [2.05, 4.69) is 5.32 Å². The Morgan fingerprint density at radius 2 is 2.06 bits per heavy atom. The molecule has 1 aromatic carbocycles. The van der Waals surface area contributed by atoms with Crippen molar-refractivity contribution in [2.24, 2.45) is 0 Å². The number of carbonyl (C=O) groups is 1. The molecule has 0 aliphatic rings. The lowest BCUT2D eigenvalue weighted by molar-refractivity contribution is 0.0951. The van der Waals surface area contributed by atoms with Gasteiger partial charge < -0.3 is 11.1 Å². The van der Waals surface area contributed by atoms with Crippen LogP contribution in [0.2, 0.25) is 9.36 Å². The van der Waals surface area contributed by atoms with E-state index in [-0.39, 0.29) is 5.91 Å². The summed E-state index contributed by atoms with van der Waals surface area (Å²) in [6.45, 7) is 0.433. The number of amides is 1. The minimum Gasteiger partial charge on any atom is -0.399 e. The summed E-state index contributed by atoms with van der Waals surface area (Å²) < 4.78 is 0.700. The Balaban J connectivity index is 2.03. The van der Waals surface area contributed by atoms with Crippen LogP contribution in [0.4, 0.5) is 5.69 Å². The maximum Gasteiger partial charge on any atom is 0.251 e. The van der Waals surface area contributed by atoms with Crippen LogP contribution >= 0.6 is 34.5 Å². The molecule has 6 heteroatoms. The molecule has 0 saturated heterocycles. The van der Waals surface area contributed by atoms with Gasteiger partial charge in [-0.2, -0.15) is 0 Å². The molecular formula is C12H10Cl2N2OS. The van der Waals surface area contributed by atoms with Crippen LogP contribution < -0.4 is 11.1 Å². The topological polar surface area (TPSA) is 55.1 Å². The first-order chi connectivity index (χ1) is 8.54. The van der Waals surface area contributed by atoms with Crippen LogP contribution in [0.25, 0.3) is 0 Å². The number of hydrogen-bond donors (Lipinski definition) is 2. The van der Waals surface area contributed by atoms with E-state index in [0.29, 0.717) is 27.2 Å². The number of nitrogens with two attached hydrogens (primary N) is 1. The summed E-state index contributed by atoms with van der Waals surface area (Å²) in [4.78, 5) is 12.9. The number of anilines is 1. The van der Waals surface area contributed by atoms with E-state index in [9.17, 15) is 4.79 Å². The van der Waals surface area contributed by atoms with Crippen LogP contribution in [0.5, 0.6) is 0 Å². The quantitative estimate of drug-likeness (QED) is 0.852. The number of carbonyl (C=O) groups excluding carboxylic acids is 1. The van der Waals surface area contributed by atoms with E-state index in [4.69, 9.17) is 28.9 Å². The summed E-state index contributed by atoms with van der Waals surface area (Å²) in [6, 6.07) is 8.43. The summed E-state index contributed by atoms with van der Waals surface area (Å²) in [5, 5.41) is 3.23. The highest BCUT2D eigenvalue weighted by atomic mass is 35.5. The Hall–Kier alpha value is -1.23. The van der Waals surface area contributed by atoms with E-state index in [1.165, 1.54) is 11.3 Å². The summed E-state index contributed by atoms with van der Waals surface area (Å²) in [5.41, 5.74) is 6.54. The zero-order valence-corrected chi connectivity index (χ0v) is 11.6. The zero-order chi connectivity index (χ0) is 13.1. The number of benzene rings is 1. The van der Waals surface area contributed by atoms with Gasteiger partial charge in [0.2, 0.25) is 0 Å². The van der Waals surface area contributed by atoms with Crippen LogP contribution in [0.15, 0.2) is 30.3 Å². The van der Waals surface area contributed by atoms with Crippen molar-refractivity contribution in [2.75, 3.05) is 5.73 Å². The number of rotatable bonds is 3. The van der Waals surface area contributed by atoms with Gasteiger partial charge in [0, 0.05) is 21.2 Å². The van der Waals surface area contributed by atoms with Gasteiger partial charge in [0.05, 0.1) is 10.9 Å². The van der Waals surface area contributed by atoms with Gasteiger partial charge in [0.25, 0.3) is 5.91 Å². The first-order valence-corrected chi connectivity index (χ1v) is 6.70. The van der Waals surface area contributed by atoms with Crippen LogP contribution in [-0.4, -0.2) is 5.91 Å². The Morgan fingerprint density at radius 1 is 1.28 bits per heavy atom. The number of hydrogen-bond acceptors (Lipinski definition) is 3. The molecule has 0 aliphatic carbocycles. The van der Waals surface area contributed by atoms with Gasteiger partial charge in [-0.05, 0) is 30.3 Å². The van der Waals surface area contributed by atoms with Crippen molar-refractivity contribution in [3.05, 3.63) is 50.1 Å². The first kappa shape index (κ1) is 13.2. The van der Waals surface area contributed by atoms with Gasteiger partial charge in [-0.1, -0.05) is 23.2 Å². The maximum atomic E-state index is 11.9. The number of nitrogens with one attached hydrogen (secondary N) is 1. The van der Waals surface area contributed by atoms with Crippen LogP contribution in [0.1, 0.15) is 15.2 Å². The van der Waals surface area contributed by atoms with Crippen LogP contribution in [-0.2, 0) is 6.54 Å². The summed E-state index contributed by atoms with van der Waals surface area (Å²) >= 11 is 13.1. The number of nitrogen functional groups attached to an aromatic ring is 1. The van der Waals surface area contributed by atoms with E-state index in [0.717, 1.165) is 4.88 Å². The van der Waals surface area contributed by atoms with Crippen molar-refractivity contribution < 1.29 is 4.79 Å². The fourth-order valence-corrected chi connectivity index (χ4v) is 2.73. The Kier molecular flexibility index (Phi) is 4.11. The lowest BCUT2D eigenvalue weighted by atomic mass is 10.2. The van der Waals surface area contributed by atoms with E-state index in [1.54, 1.807) is 24.3 Å². The van der Waals surface area contributed by atoms with Crippen LogP contribution in [0, 0.1) is 0 Å². The molecular weight excluding hydrogens is 291 g/mol. The maximum absolute atomic E-state index is 11.9. The highest BCUT2D eigenvalue weighted by Crippen LogP contribution is 2.21. The third kappa shape index (κ3) is 3.38. The van der Waals surface area contributed by atoms with Gasteiger partial charge in [0.15, 0.2) is 0 Å². The van der Waals surface area contributed by atoms with Gasteiger partial charge in [-0.25, -0.2) is 0 Å². The summed E-state index contributed by atoms with van der Waals surface area (Å²) in [6.07, 6.45) is 0. The molecule has 0 aliphatic heterocycles.